The molecular weight excluding hydrogens is 348 g/mol. The molecule has 0 radical (unpaired) electrons. The molecule has 0 unspecified atom stereocenters. The average Bonchev–Trinajstić information content (AvgIpc) is 2.62. The highest BCUT2D eigenvalue weighted by molar-refractivity contribution is 6.30. The van der Waals surface area contributed by atoms with E-state index in [1.807, 2.05) is 48.5 Å². The van der Waals surface area contributed by atoms with E-state index in [1.54, 1.807) is 0 Å². The van der Waals surface area contributed by atoms with Crippen molar-refractivity contribution >= 4 is 17.5 Å². The standard InChI is InChI=1S/C21H25ClN2O2/c22-17-5-1-4-16(11-17)14-26-20-6-2-3-15(12-20)13-21(25)24-19-9-7-18(23)8-10-19/h1-6,11-12,18-19H,7-10,13-14,23H2,(H,24,25). The maximum atomic E-state index is 12.3. The van der Waals surface area contributed by atoms with Crippen molar-refractivity contribution in [2.24, 2.45) is 5.73 Å². The molecule has 0 atom stereocenters. The highest BCUT2D eigenvalue weighted by Crippen LogP contribution is 2.19. The Morgan fingerprint density at radius 2 is 1.81 bits per heavy atom. The third-order valence-electron chi connectivity index (χ3n) is 4.69. The molecule has 4 nitrogen and oxygen atoms in total. The van der Waals surface area contributed by atoms with Crippen LogP contribution in [0.2, 0.25) is 5.02 Å². The molecule has 0 saturated heterocycles. The lowest BCUT2D eigenvalue weighted by Crippen LogP contribution is -2.41. The van der Waals surface area contributed by atoms with Crippen molar-refractivity contribution in [3.8, 4) is 5.75 Å². The minimum atomic E-state index is 0.0532. The summed E-state index contributed by atoms with van der Waals surface area (Å²) in [5, 5.41) is 3.82. The Balaban J connectivity index is 1.51. The highest BCUT2D eigenvalue weighted by Gasteiger charge is 2.20. The van der Waals surface area contributed by atoms with Crippen molar-refractivity contribution in [1.29, 1.82) is 0 Å². The molecule has 5 heteroatoms. The molecule has 0 aliphatic heterocycles. The Hall–Kier alpha value is -2.04. The summed E-state index contributed by atoms with van der Waals surface area (Å²) in [6, 6.07) is 15.8. The zero-order valence-electron chi connectivity index (χ0n) is 14.8. The van der Waals surface area contributed by atoms with Gasteiger partial charge in [0.2, 0.25) is 5.91 Å². The molecule has 26 heavy (non-hydrogen) atoms. The van der Waals surface area contributed by atoms with E-state index in [4.69, 9.17) is 22.1 Å². The molecule has 1 fully saturated rings. The Bertz CT molecular complexity index is 742. The van der Waals surface area contributed by atoms with E-state index in [1.165, 1.54) is 0 Å². The molecule has 3 N–H and O–H groups in total. The van der Waals surface area contributed by atoms with Gasteiger partial charge in [0.25, 0.3) is 0 Å². The summed E-state index contributed by atoms with van der Waals surface area (Å²) < 4.78 is 5.83. The van der Waals surface area contributed by atoms with Crippen LogP contribution in [-0.4, -0.2) is 18.0 Å². The number of nitrogens with two attached hydrogens (primary N) is 1. The fraction of sp³-hybridized carbons (Fsp3) is 0.381. The number of amides is 1. The summed E-state index contributed by atoms with van der Waals surface area (Å²) in [4.78, 5) is 12.3. The van der Waals surface area contributed by atoms with Gasteiger partial charge in [-0.25, -0.2) is 0 Å². The molecule has 1 aliphatic carbocycles. The number of nitrogens with one attached hydrogen (secondary N) is 1. The fourth-order valence-electron chi connectivity index (χ4n) is 3.27. The number of halogens is 1. The molecule has 138 valence electrons. The first-order chi connectivity index (χ1) is 12.6. The van der Waals surface area contributed by atoms with Gasteiger partial charge < -0.3 is 15.8 Å². The van der Waals surface area contributed by atoms with E-state index >= 15 is 0 Å². The number of carbonyl (C=O) groups excluding carboxylic acids is 1. The molecule has 0 bridgehead atoms. The number of carbonyl (C=O) groups is 1. The maximum Gasteiger partial charge on any atom is 0.224 e. The molecular formula is C21H25ClN2O2. The lowest BCUT2D eigenvalue weighted by atomic mass is 9.91. The smallest absolute Gasteiger partial charge is 0.224 e. The van der Waals surface area contributed by atoms with E-state index in [2.05, 4.69) is 5.32 Å². The van der Waals surface area contributed by atoms with Crippen LogP contribution in [0.4, 0.5) is 0 Å². The Kier molecular flexibility index (Phi) is 6.53. The van der Waals surface area contributed by atoms with Gasteiger partial charge in [0.1, 0.15) is 12.4 Å². The van der Waals surface area contributed by atoms with Crippen molar-refractivity contribution in [3.05, 3.63) is 64.7 Å². The van der Waals surface area contributed by atoms with Crippen LogP contribution in [0.3, 0.4) is 0 Å². The van der Waals surface area contributed by atoms with Crippen LogP contribution in [-0.2, 0) is 17.8 Å². The maximum absolute atomic E-state index is 12.3. The number of hydrogen-bond donors (Lipinski definition) is 2. The summed E-state index contributed by atoms with van der Waals surface area (Å²) in [5.74, 6) is 0.802. The van der Waals surface area contributed by atoms with E-state index in [-0.39, 0.29) is 18.0 Å². The van der Waals surface area contributed by atoms with Crippen LogP contribution in [0, 0.1) is 0 Å². The topological polar surface area (TPSA) is 64.3 Å². The molecule has 2 aromatic carbocycles. The summed E-state index contributed by atoms with van der Waals surface area (Å²) in [7, 11) is 0. The number of rotatable bonds is 6. The normalized spacial score (nSPS) is 19.8. The highest BCUT2D eigenvalue weighted by atomic mass is 35.5. The van der Waals surface area contributed by atoms with E-state index in [0.29, 0.717) is 18.1 Å². The third-order valence-corrected chi connectivity index (χ3v) is 4.93. The Labute approximate surface area is 159 Å². The first kappa shape index (κ1) is 18.7. The van der Waals surface area contributed by atoms with E-state index < -0.39 is 0 Å². The van der Waals surface area contributed by atoms with Crippen molar-refractivity contribution in [3.63, 3.8) is 0 Å². The molecule has 0 spiro atoms. The second kappa shape index (κ2) is 9.06. The van der Waals surface area contributed by atoms with Crippen LogP contribution < -0.4 is 15.8 Å². The molecule has 1 amide bonds. The van der Waals surface area contributed by atoms with Gasteiger partial charge in [-0.15, -0.1) is 0 Å². The largest absolute Gasteiger partial charge is 0.489 e. The number of ether oxygens (including phenoxy) is 1. The molecule has 3 rings (SSSR count). The zero-order valence-corrected chi connectivity index (χ0v) is 15.5. The van der Waals surface area contributed by atoms with Crippen LogP contribution >= 0.6 is 11.6 Å². The monoisotopic (exact) mass is 372 g/mol. The lowest BCUT2D eigenvalue weighted by Gasteiger charge is -2.26. The molecule has 0 aromatic heterocycles. The van der Waals surface area contributed by atoms with Gasteiger partial charge in [-0.2, -0.15) is 0 Å². The predicted octanol–water partition coefficient (Wildman–Crippen LogP) is 3.85. The van der Waals surface area contributed by atoms with Crippen LogP contribution in [0.5, 0.6) is 5.75 Å². The minimum Gasteiger partial charge on any atom is -0.489 e. The summed E-state index contributed by atoms with van der Waals surface area (Å²) in [6.07, 6.45) is 4.26. The predicted molar refractivity (Wildman–Crippen MR) is 104 cm³/mol. The average molecular weight is 373 g/mol. The summed E-state index contributed by atoms with van der Waals surface area (Å²) in [6.45, 7) is 0.443. The fourth-order valence-corrected chi connectivity index (χ4v) is 3.48. The zero-order chi connectivity index (χ0) is 18.4. The lowest BCUT2D eigenvalue weighted by molar-refractivity contribution is -0.121. The van der Waals surface area contributed by atoms with Crippen LogP contribution in [0.25, 0.3) is 0 Å². The minimum absolute atomic E-state index is 0.0532. The first-order valence-corrected chi connectivity index (χ1v) is 9.47. The van der Waals surface area contributed by atoms with Crippen molar-refractivity contribution in [2.45, 2.75) is 50.8 Å². The molecule has 1 saturated carbocycles. The van der Waals surface area contributed by atoms with Crippen molar-refractivity contribution < 1.29 is 9.53 Å². The van der Waals surface area contributed by atoms with Crippen molar-refractivity contribution in [1.82, 2.24) is 5.32 Å². The van der Waals surface area contributed by atoms with E-state index in [0.717, 1.165) is 42.6 Å². The molecule has 0 heterocycles. The van der Waals surface area contributed by atoms with Gasteiger partial charge >= 0.3 is 0 Å². The second-order valence-corrected chi connectivity index (χ2v) is 7.36. The van der Waals surface area contributed by atoms with Gasteiger partial charge in [-0.1, -0.05) is 35.9 Å². The molecule has 2 aromatic rings. The van der Waals surface area contributed by atoms with Gasteiger partial charge in [0.15, 0.2) is 0 Å². The number of hydrogen-bond acceptors (Lipinski definition) is 3. The SMILES string of the molecule is NC1CCC(NC(=O)Cc2cccc(OCc3cccc(Cl)c3)c2)CC1. The summed E-state index contributed by atoms with van der Waals surface area (Å²) in [5.41, 5.74) is 7.87. The van der Waals surface area contributed by atoms with Gasteiger partial charge in [-0.3, -0.25) is 4.79 Å². The second-order valence-electron chi connectivity index (χ2n) is 6.92. The van der Waals surface area contributed by atoms with E-state index in [9.17, 15) is 4.79 Å². The third kappa shape index (κ3) is 5.75. The molecule has 1 aliphatic rings. The Morgan fingerprint density at radius 3 is 2.58 bits per heavy atom. The van der Waals surface area contributed by atoms with Gasteiger partial charge in [0, 0.05) is 17.1 Å². The van der Waals surface area contributed by atoms with Crippen LogP contribution in [0.15, 0.2) is 48.5 Å². The summed E-state index contributed by atoms with van der Waals surface area (Å²) >= 11 is 5.99. The van der Waals surface area contributed by atoms with Gasteiger partial charge in [-0.05, 0) is 61.1 Å². The van der Waals surface area contributed by atoms with Crippen LogP contribution in [0.1, 0.15) is 36.8 Å². The quantitative estimate of drug-likeness (QED) is 0.809. The first-order valence-electron chi connectivity index (χ1n) is 9.09. The van der Waals surface area contributed by atoms with Crippen molar-refractivity contribution in [2.75, 3.05) is 0 Å². The number of benzene rings is 2. The Morgan fingerprint density at radius 1 is 1.08 bits per heavy atom. The van der Waals surface area contributed by atoms with Gasteiger partial charge in [0.05, 0.1) is 6.42 Å².